The minimum absolute atomic E-state index is 0.0119. The van der Waals surface area contributed by atoms with E-state index < -0.39 is 0 Å². The van der Waals surface area contributed by atoms with Gasteiger partial charge >= 0.3 is 0 Å². The molecule has 2 rings (SSSR count). The maximum absolute atomic E-state index is 12.5. The SMILES string of the molecule is CC(C)(C)C(CCO)NC(=O)c1n[nH]c(=O)c2ccccc12. The van der Waals surface area contributed by atoms with E-state index in [9.17, 15) is 14.7 Å². The summed E-state index contributed by atoms with van der Waals surface area (Å²) in [6.07, 6.45) is 0.455. The summed E-state index contributed by atoms with van der Waals surface area (Å²) in [7, 11) is 0. The van der Waals surface area contributed by atoms with E-state index in [1.165, 1.54) is 0 Å². The second-order valence-corrected chi connectivity index (χ2v) is 6.35. The molecule has 2 aromatic rings. The normalized spacial score (nSPS) is 13.1. The molecular formula is C16H21N3O3. The molecule has 0 saturated carbocycles. The fraction of sp³-hybridized carbons (Fsp3) is 0.438. The number of nitrogens with one attached hydrogen (secondary N) is 2. The maximum Gasteiger partial charge on any atom is 0.272 e. The molecule has 1 heterocycles. The van der Waals surface area contributed by atoms with Crippen LogP contribution in [-0.4, -0.2) is 33.9 Å². The first-order valence-electron chi connectivity index (χ1n) is 7.23. The molecule has 0 aliphatic heterocycles. The Morgan fingerprint density at radius 2 is 1.95 bits per heavy atom. The molecule has 6 nitrogen and oxygen atoms in total. The first-order valence-corrected chi connectivity index (χ1v) is 7.23. The van der Waals surface area contributed by atoms with Crippen LogP contribution in [0.2, 0.25) is 0 Å². The van der Waals surface area contributed by atoms with Crippen LogP contribution >= 0.6 is 0 Å². The Kier molecular flexibility index (Phi) is 4.61. The van der Waals surface area contributed by atoms with Crippen LogP contribution in [0.4, 0.5) is 0 Å². The Balaban J connectivity index is 2.38. The predicted molar refractivity (Wildman–Crippen MR) is 84.8 cm³/mol. The monoisotopic (exact) mass is 303 g/mol. The van der Waals surface area contributed by atoms with E-state index in [4.69, 9.17) is 0 Å². The van der Waals surface area contributed by atoms with Gasteiger partial charge in [0.05, 0.1) is 5.39 Å². The van der Waals surface area contributed by atoms with Crippen molar-refractivity contribution in [2.45, 2.75) is 33.2 Å². The fourth-order valence-electron chi connectivity index (χ4n) is 2.37. The number of benzene rings is 1. The van der Waals surface area contributed by atoms with Crippen molar-refractivity contribution in [1.82, 2.24) is 15.5 Å². The molecule has 22 heavy (non-hydrogen) atoms. The molecule has 1 amide bonds. The summed E-state index contributed by atoms with van der Waals surface area (Å²) in [6.45, 7) is 5.96. The van der Waals surface area contributed by atoms with Crippen molar-refractivity contribution >= 4 is 16.7 Å². The van der Waals surface area contributed by atoms with Crippen molar-refractivity contribution in [2.24, 2.45) is 5.41 Å². The fourth-order valence-corrected chi connectivity index (χ4v) is 2.37. The molecule has 0 radical (unpaired) electrons. The van der Waals surface area contributed by atoms with Crippen LogP contribution in [0, 0.1) is 5.41 Å². The van der Waals surface area contributed by atoms with Crippen molar-refractivity contribution in [1.29, 1.82) is 0 Å². The Labute approximate surface area is 128 Å². The van der Waals surface area contributed by atoms with Gasteiger partial charge in [0.1, 0.15) is 0 Å². The number of hydrogen-bond acceptors (Lipinski definition) is 4. The summed E-state index contributed by atoms with van der Waals surface area (Å²) in [5.41, 5.74) is -0.339. The molecule has 1 unspecified atom stereocenters. The zero-order valence-electron chi connectivity index (χ0n) is 13.0. The molecule has 0 saturated heterocycles. The van der Waals surface area contributed by atoms with E-state index >= 15 is 0 Å². The molecule has 0 bridgehead atoms. The van der Waals surface area contributed by atoms with Crippen LogP contribution in [0.15, 0.2) is 29.1 Å². The highest BCUT2D eigenvalue weighted by Gasteiger charge is 2.27. The Hall–Kier alpha value is -2.21. The first-order chi connectivity index (χ1) is 10.3. The smallest absolute Gasteiger partial charge is 0.272 e. The van der Waals surface area contributed by atoms with E-state index in [1.807, 2.05) is 20.8 Å². The predicted octanol–water partition coefficient (Wildman–Crippen LogP) is 1.45. The lowest BCUT2D eigenvalue weighted by atomic mass is 9.85. The van der Waals surface area contributed by atoms with Crippen LogP contribution in [0.5, 0.6) is 0 Å². The molecule has 1 aromatic heterocycles. The average Bonchev–Trinajstić information content (AvgIpc) is 2.46. The van der Waals surface area contributed by atoms with Gasteiger partial charge in [-0.25, -0.2) is 5.10 Å². The number of fused-ring (bicyclic) bond motifs is 1. The van der Waals surface area contributed by atoms with Gasteiger partial charge in [-0.2, -0.15) is 5.10 Å². The topological polar surface area (TPSA) is 95.1 Å². The third-order valence-corrected chi connectivity index (χ3v) is 3.68. The largest absolute Gasteiger partial charge is 0.396 e. The molecular weight excluding hydrogens is 282 g/mol. The first kappa shape index (κ1) is 16.2. The lowest BCUT2D eigenvalue weighted by Crippen LogP contribution is -2.44. The molecule has 0 aliphatic carbocycles. The number of H-pyrrole nitrogens is 1. The summed E-state index contributed by atoms with van der Waals surface area (Å²) in [5, 5.41) is 19.3. The highest BCUT2D eigenvalue weighted by Crippen LogP contribution is 2.22. The number of hydrogen-bond donors (Lipinski definition) is 3. The van der Waals surface area contributed by atoms with Gasteiger partial charge in [0.2, 0.25) is 0 Å². The van der Waals surface area contributed by atoms with Gasteiger partial charge in [-0.05, 0) is 17.9 Å². The highest BCUT2D eigenvalue weighted by molar-refractivity contribution is 6.04. The molecule has 0 aliphatic rings. The van der Waals surface area contributed by atoms with E-state index in [0.29, 0.717) is 17.2 Å². The zero-order valence-corrected chi connectivity index (χ0v) is 13.0. The molecule has 118 valence electrons. The number of aliphatic hydroxyl groups excluding tert-OH is 1. The van der Waals surface area contributed by atoms with Crippen molar-refractivity contribution < 1.29 is 9.90 Å². The van der Waals surface area contributed by atoms with Gasteiger partial charge in [-0.15, -0.1) is 0 Å². The van der Waals surface area contributed by atoms with Crippen molar-refractivity contribution in [3.05, 3.63) is 40.3 Å². The molecule has 1 aromatic carbocycles. The Morgan fingerprint density at radius 1 is 1.32 bits per heavy atom. The summed E-state index contributed by atoms with van der Waals surface area (Å²) in [6, 6.07) is 6.65. The van der Waals surface area contributed by atoms with Crippen molar-refractivity contribution in [3.8, 4) is 0 Å². The maximum atomic E-state index is 12.5. The lowest BCUT2D eigenvalue weighted by Gasteiger charge is -2.31. The summed E-state index contributed by atoms with van der Waals surface area (Å²) in [4.78, 5) is 24.3. The zero-order chi connectivity index (χ0) is 16.3. The minimum Gasteiger partial charge on any atom is -0.396 e. The number of aromatic amines is 1. The average molecular weight is 303 g/mol. The van der Waals surface area contributed by atoms with E-state index in [1.54, 1.807) is 24.3 Å². The summed E-state index contributed by atoms with van der Waals surface area (Å²) < 4.78 is 0. The summed E-state index contributed by atoms with van der Waals surface area (Å²) >= 11 is 0. The van der Waals surface area contributed by atoms with Crippen LogP contribution in [0.25, 0.3) is 10.8 Å². The van der Waals surface area contributed by atoms with Crippen molar-refractivity contribution in [3.63, 3.8) is 0 Å². The molecule has 6 heteroatoms. The minimum atomic E-state index is -0.360. The van der Waals surface area contributed by atoms with Gasteiger partial charge in [0.25, 0.3) is 11.5 Å². The standard InChI is InChI=1S/C16H21N3O3/c1-16(2,3)12(8-9-20)17-15(22)13-10-6-4-5-7-11(10)14(21)19-18-13/h4-7,12,20H,8-9H2,1-3H3,(H,17,22)(H,19,21). The van der Waals surface area contributed by atoms with Crippen LogP contribution < -0.4 is 10.9 Å². The molecule has 0 fully saturated rings. The third-order valence-electron chi connectivity index (χ3n) is 3.68. The number of carbonyl (C=O) groups is 1. The van der Waals surface area contributed by atoms with Crippen molar-refractivity contribution in [2.75, 3.05) is 6.61 Å². The number of aliphatic hydroxyl groups is 1. The Morgan fingerprint density at radius 3 is 2.55 bits per heavy atom. The number of nitrogens with zero attached hydrogens (tertiary/aromatic N) is 1. The number of aromatic nitrogens is 2. The van der Waals surface area contributed by atoms with Gasteiger partial charge in [-0.3, -0.25) is 9.59 Å². The number of carbonyl (C=O) groups excluding carboxylic acids is 1. The molecule has 1 atom stereocenters. The molecule has 3 N–H and O–H groups in total. The van der Waals surface area contributed by atoms with E-state index in [-0.39, 0.29) is 35.2 Å². The second kappa shape index (κ2) is 6.27. The van der Waals surface area contributed by atoms with E-state index in [2.05, 4.69) is 15.5 Å². The number of rotatable bonds is 4. The van der Waals surface area contributed by atoms with Crippen LogP contribution in [0.3, 0.4) is 0 Å². The quantitative estimate of drug-likeness (QED) is 0.796. The van der Waals surface area contributed by atoms with E-state index in [0.717, 1.165) is 0 Å². The van der Waals surface area contributed by atoms with Crippen LogP contribution in [0.1, 0.15) is 37.7 Å². The highest BCUT2D eigenvalue weighted by atomic mass is 16.3. The van der Waals surface area contributed by atoms with Gasteiger partial charge in [0.15, 0.2) is 5.69 Å². The van der Waals surface area contributed by atoms with Gasteiger partial charge in [0, 0.05) is 18.0 Å². The Bertz CT molecular complexity index is 731. The summed E-state index contributed by atoms with van der Waals surface area (Å²) in [5.74, 6) is -0.360. The molecule has 0 spiro atoms. The van der Waals surface area contributed by atoms with Crippen LogP contribution in [-0.2, 0) is 0 Å². The third kappa shape index (κ3) is 3.33. The van der Waals surface area contributed by atoms with Gasteiger partial charge in [-0.1, -0.05) is 39.0 Å². The number of amides is 1. The lowest BCUT2D eigenvalue weighted by molar-refractivity contribution is 0.0881. The second-order valence-electron chi connectivity index (χ2n) is 6.35. The van der Waals surface area contributed by atoms with Gasteiger partial charge < -0.3 is 10.4 Å².